The summed E-state index contributed by atoms with van der Waals surface area (Å²) in [6, 6.07) is 2.60. The minimum absolute atomic E-state index is 0.932. The van der Waals surface area contributed by atoms with Crippen molar-refractivity contribution in [2.75, 3.05) is 0 Å². The highest BCUT2D eigenvalue weighted by atomic mass is 19.4. The van der Waals surface area contributed by atoms with Gasteiger partial charge in [-0.25, -0.2) is 8.78 Å². The third kappa shape index (κ3) is 4.26. The van der Waals surface area contributed by atoms with Crippen LogP contribution in [0.3, 0.4) is 0 Å². The summed E-state index contributed by atoms with van der Waals surface area (Å²) >= 11 is 0. The van der Waals surface area contributed by atoms with Crippen molar-refractivity contribution in [3.05, 3.63) is 0 Å². The number of alkyl halides is 7. The molecule has 0 saturated carbocycles. The molecule has 0 bridgehead atoms. The number of nitrogens with zero attached hydrogens (tertiary/aromatic N) is 2. The molecule has 114 valence electrons. The van der Waals surface area contributed by atoms with Gasteiger partial charge in [0, 0.05) is 12.8 Å². The molecule has 0 N–H and O–H groups in total. The summed E-state index contributed by atoms with van der Waals surface area (Å²) in [5.74, 6) is -6.40. The molecule has 0 aromatic carbocycles. The standard InChI is InChI=1S/C11H11F7N2/c1-7(4-8(12)13)9(5-19,6-20)2-3-10(14,15)11(16,17)18/h7-8H,2-4H2,1H3. The smallest absolute Gasteiger partial charge is 0.211 e. The minimum Gasteiger partial charge on any atom is -0.211 e. The van der Waals surface area contributed by atoms with Crippen LogP contribution in [0.1, 0.15) is 26.2 Å². The molecule has 0 spiro atoms. The Balaban J connectivity index is 5.08. The van der Waals surface area contributed by atoms with Gasteiger partial charge in [0.1, 0.15) is 5.41 Å². The normalized spacial score (nSPS) is 14.8. The Morgan fingerprint density at radius 2 is 1.40 bits per heavy atom. The van der Waals surface area contributed by atoms with Crippen LogP contribution in [-0.4, -0.2) is 18.5 Å². The third-order valence-electron chi connectivity index (χ3n) is 3.02. The van der Waals surface area contributed by atoms with Crippen molar-refractivity contribution in [3.8, 4) is 12.1 Å². The van der Waals surface area contributed by atoms with Gasteiger partial charge in [0.25, 0.3) is 0 Å². The summed E-state index contributed by atoms with van der Waals surface area (Å²) in [6.07, 6.45) is -12.6. The van der Waals surface area contributed by atoms with E-state index in [0.717, 1.165) is 6.92 Å². The van der Waals surface area contributed by atoms with E-state index in [0.29, 0.717) is 0 Å². The zero-order valence-corrected chi connectivity index (χ0v) is 10.3. The topological polar surface area (TPSA) is 47.6 Å². The van der Waals surface area contributed by atoms with Crippen LogP contribution in [0, 0.1) is 34.0 Å². The van der Waals surface area contributed by atoms with Crippen LogP contribution in [0.5, 0.6) is 0 Å². The van der Waals surface area contributed by atoms with Crippen molar-refractivity contribution in [1.29, 1.82) is 10.5 Å². The second-order valence-electron chi connectivity index (χ2n) is 4.43. The fraction of sp³-hybridized carbons (Fsp3) is 0.818. The monoisotopic (exact) mass is 304 g/mol. The van der Waals surface area contributed by atoms with E-state index in [1.165, 1.54) is 12.1 Å². The van der Waals surface area contributed by atoms with Gasteiger partial charge in [0.2, 0.25) is 6.43 Å². The molecule has 0 heterocycles. The van der Waals surface area contributed by atoms with Gasteiger partial charge in [-0.2, -0.15) is 32.5 Å². The van der Waals surface area contributed by atoms with Gasteiger partial charge in [-0.3, -0.25) is 0 Å². The molecule has 0 amide bonds. The first-order chi connectivity index (χ1) is 8.92. The predicted molar refractivity (Wildman–Crippen MR) is 53.7 cm³/mol. The lowest BCUT2D eigenvalue weighted by Crippen LogP contribution is -2.38. The number of hydrogen-bond donors (Lipinski definition) is 0. The first-order valence-corrected chi connectivity index (χ1v) is 5.47. The first-order valence-electron chi connectivity index (χ1n) is 5.47. The van der Waals surface area contributed by atoms with Gasteiger partial charge in [-0.05, 0) is 12.3 Å². The van der Waals surface area contributed by atoms with Crippen LogP contribution in [0.25, 0.3) is 0 Å². The van der Waals surface area contributed by atoms with Crippen LogP contribution in [-0.2, 0) is 0 Å². The molecular weight excluding hydrogens is 293 g/mol. The fourth-order valence-electron chi connectivity index (χ4n) is 1.57. The highest BCUT2D eigenvalue weighted by Crippen LogP contribution is 2.43. The van der Waals surface area contributed by atoms with Gasteiger partial charge in [0.05, 0.1) is 12.1 Å². The zero-order chi connectivity index (χ0) is 16.2. The third-order valence-corrected chi connectivity index (χ3v) is 3.02. The molecule has 0 aliphatic carbocycles. The lowest BCUT2D eigenvalue weighted by atomic mass is 9.73. The maximum absolute atomic E-state index is 12.8. The zero-order valence-electron chi connectivity index (χ0n) is 10.3. The fourth-order valence-corrected chi connectivity index (χ4v) is 1.57. The lowest BCUT2D eigenvalue weighted by Gasteiger charge is -2.28. The lowest BCUT2D eigenvalue weighted by molar-refractivity contribution is -0.285. The van der Waals surface area contributed by atoms with Gasteiger partial charge < -0.3 is 0 Å². The Morgan fingerprint density at radius 1 is 0.950 bits per heavy atom. The van der Waals surface area contributed by atoms with Crippen molar-refractivity contribution >= 4 is 0 Å². The largest absolute Gasteiger partial charge is 0.453 e. The highest BCUT2D eigenvalue weighted by molar-refractivity contribution is 5.16. The molecular formula is C11H11F7N2. The molecule has 0 aliphatic rings. The quantitative estimate of drug-likeness (QED) is 0.687. The SMILES string of the molecule is CC(CC(F)F)C(C#N)(C#N)CCC(F)(F)C(F)(F)F. The highest BCUT2D eigenvalue weighted by Gasteiger charge is 2.58. The minimum atomic E-state index is -5.81. The van der Waals surface area contributed by atoms with Gasteiger partial charge in [0.15, 0.2) is 0 Å². The van der Waals surface area contributed by atoms with Crippen molar-refractivity contribution < 1.29 is 30.7 Å². The first kappa shape index (κ1) is 18.5. The molecule has 0 fully saturated rings. The second kappa shape index (κ2) is 6.29. The van der Waals surface area contributed by atoms with E-state index < -0.39 is 49.1 Å². The summed E-state index contributed by atoms with van der Waals surface area (Å²) in [5, 5.41) is 17.6. The summed E-state index contributed by atoms with van der Waals surface area (Å²) in [5.41, 5.74) is -2.30. The maximum Gasteiger partial charge on any atom is 0.453 e. The van der Waals surface area contributed by atoms with E-state index in [9.17, 15) is 30.7 Å². The molecule has 0 radical (unpaired) electrons. The average molecular weight is 304 g/mol. The number of hydrogen-bond acceptors (Lipinski definition) is 2. The van der Waals surface area contributed by atoms with Crippen LogP contribution >= 0.6 is 0 Å². The summed E-state index contributed by atoms with van der Waals surface area (Å²) in [6.45, 7) is 1.05. The average Bonchev–Trinajstić information content (AvgIpc) is 2.28. The molecule has 0 saturated heterocycles. The molecule has 0 rings (SSSR count). The number of halogens is 7. The molecule has 9 heteroatoms. The van der Waals surface area contributed by atoms with Crippen molar-refractivity contribution in [1.82, 2.24) is 0 Å². The van der Waals surface area contributed by atoms with Crippen LogP contribution in [0.2, 0.25) is 0 Å². The van der Waals surface area contributed by atoms with E-state index in [1.54, 1.807) is 0 Å². The van der Waals surface area contributed by atoms with E-state index in [-0.39, 0.29) is 0 Å². The van der Waals surface area contributed by atoms with Gasteiger partial charge >= 0.3 is 12.1 Å². The Hall–Kier alpha value is -1.51. The Bertz CT molecular complexity index is 388. The van der Waals surface area contributed by atoms with Gasteiger partial charge in [-0.15, -0.1) is 0 Å². The molecule has 2 nitrogen and oxygen atoms in total. The van der Waals surface area contributed by atoms with Crippen molar-refractivity contribution in [2.24, 2.45) is 11.3 Å². The predicted octanol–water partition coefficient (Wildman–Crippen LogP) is 4.29. The Kier molecular flexibility index (Phi) is 5.82. The molecule has 1 unspecified atom stereocenters. The Labute approximate surface area is 110 Å². The summed E-state index contributed by atoms with van der Waals surface area (Å²) < 4.78 is 85.9. The summed E-state index contributed by atoms with van der Waals surface area (Å²) in [4.78, 5) is 0. The van der Waals surface area contributed by atoms with Crippen molar-refractivity contribution in [2.45, 2.75) is 44.7 Å². The van der Waals surface area contributed by atoms with E-state index in [2.05, 4.69) is 0 Å². The molecule has 0 aliphatic heterocycles. The number of rotatable bonds is 6. The second-order valence-corrected chi connectivity index (χ2v) is 4.43. The van der Waals surface area contributed by atoms with Crippen LogP contribution < -0.4 is 0 Å². The van der Waals surface area contributed by atoms with Crippen LogP contribution in [0.4, 0.5) is 30.7 Å². The molecule has 20 heavy (non-hydrogen) atoms. The Morgan fingerprint density at radius 3 is 1.70 bits per heavy atom. The van der Waals surface area contributed by atoms with Gasteiger partial charge in [-0.1, -0.05) is 6.92 Å². The maximum atomic E-state index is 12.8. The molecule has 1 atom stereocenters. The molecule has 0 aromatic heterocycles. The van der Waals surface area contributed by atoms with E-state index in [4.69, 9.17) is 10.5 Å². The number of nitriles is 2. The van der Waals surface area contributed by atoms with Crippen LogP contribution in [0.15, 0.2) is 0 Å². The summed E-state index contributed by atoms with van der Waals surface area (Å²) in [7, 11) is 0. The van der Waals surface area contributed by atoms with Crippen molar-refractivity contribution in [3.63, 3.8) is 0 Å². The molecule has 0 aromatic rings. The van der Waals surface area contributed by atoms with E-state index >= 15 is 0 Å². The van der Waals surface area contributed by atoms with E-state index in [1.807, 2.05) is 0 Å².